The molecule has 0 aromatic rings. The van der Waals surface area contributed by atoms with Crippen molar-refractivity contribution < 1.29 is 13.2 Å². The maximum Gasteiger partial charge on any atom is 0.250 e. The Labute approximate surface area is 148 Å². The molecule has 7 heteroatoms. The Balaban J connectivity index is 1.64. The van der Waals surface area contributed by atoms with Crippen molar-refractivity contribution >= 4 is 32.7 Å². The van der Waals surface area contributed by atoms with Crippen LogP contribution in [-0.4, -0.2) is 53.2 Å². The molecule has 2 bridgehead atoms. The molecule has 0 radical (unpaired) electrons. The van der Waals surface area contributed by atoms with Gasteiger partial charge in [0.05, 0.1) is 17.5 Å². The normalized spacial score (nSPS) is 42.7. The number of amidine groups is 1. The van der Waals surface area contributed by atoms with E-state index in [2.05, 4.69) is 9.89 Å². The molecule has 2 saturated heterocycles. The topological polar surface area (TPSA) is 66.8 Å². The molecule has 6 atom stereocenters. The van der Waals surface area contributed by atoms with Crippen LogP contribution < -0.4 is 0 Å². The number of thioether (sulfide) groups is 1. The fraction of sp³-hybridized carbons (Fsp3) is 0.882. The maximum atomic E-state index is 12.4. The van der Waals surface area contributed by atoms with Gasteiger partial charge in [0.2, 0.25) is 0 Å². The fourth-order valence-electron chi connectivity index (χ4n) is 4.91. The Morgan fingerprint density at radius 2 is 2.08 bits per heavy atom. The van der Waals surface area contributed by atoms with Crippen LogP contribution in [0.2, 0.25) is 0 Å². The van der Waals surface area contributed by atoms with Gasteiger partial charge in [-0.25, -0.2) is 8.42 Å². The van der Waals surface area contributed by atoms with Gasteiger partial charge in [-0.1, -0.05) is 32.0 Å². The summed E-state index contributed by atoms with van der Waals surface area (Å²) in [6.45, 7) is 3.92. The second-order valence-corrected chi connectivity index (χ2v) is 11.4. The third kappa shape index (κ3) is 2.81. The highest BCUT2D eigenvalue weighted by molar-refractivity contribution is 8.15. The van der Waals surface area contributed by atoms with Crippen LogP contribution in [0.25, 0.3) is 0 Å². The van der Waals surface area contributed by atoms with Gasteiger partial charge in [-0.2, -0.15) is 4.99 Å². The van der Waals surface area contributed by atoms with Gasteiger partial charge in [0.1, 0.15) is 0 Å². The molecule has 134 valence electrons. The number of carbonyl (C=O) groups excluding carboxylic acids is 1. The first-order valence-electron chi connectivity index (χ1n) is 9.16. The Kier molecular flexibility index (Phi) is 4.23. The van der Waals surface area contributed by atoms with Crippen molar-refractivity contribution in [3.8, 4) is 0 Å². The van der Waals surface area contributed by atoms with Crippen LogP contribution in [0, 0.1) is 17.8 Å². The van der Waals surface area contributed by atoms with Crippen molar-refractivity contribution in [3.63, 3.8) is 0 Å². The SMILES string of the molecule is CC[C@H](C)C(=O)N=C1S[C@H]2CS(=O)(=O)C[C@H]2N1[C@@H]1C[C@@H]2CC[C@@H]1C2. The van der Waals surface area contributed by atoms with Crippen molar-refractivity contribution in [2.24, 2.45) is 22.7 Å². The third-order valence-corrected chi connectivity index (χ3v) is 9.63. The number of hydrogen-bond acceptors (Lipinski definition) is 4. The molecule has 0 aromatic carbocycles. The summed E-state index contributed by atoms with van der Waals surface area (Å²) in [5.74, 6) is 1.78. The molecular weight excluding hydrogens is 344 g/mol. The predicted octanol–water partition coefficient (Wildman–Crippen LogP) is 2.32. The van der Waals surface area contributed by atoms with Gasteiger partial charge in [0.25, 0.3) is 5.91 Å². The summed E-state index contributed by atoms with van der Waals surface area (Å²) in [4.78, 5) is 19.1. The van der Waals surface area contributed by atoms with E-state index in [0.717, 1.165) is 23.9 Å². The van der Waals surface area contributed by atoms with Crippen molar-refractivity contribution in [2.45, 2.75) is 63.3 Å². The molecular formula is C17H26N2O3S2. The van der Waals surface area contributed by atoms with Crippen molar-refractivity contribution in [2.75, 3.05) is 11.5 Å². The van der Waals surface area contributed by atoms with Crippen LogP contribution in [0.15, 0.2) is 4.99 Å². The zero-order valence-electron chi connectivity index (χ0n) is 14.3. The van der Waals surface area contributed by atoms with E-state index in [4.69, 9.17) is 0 Å². The average molecular weight is 371 g/mol. The van der Waals surface area contributed by atoms with E-state index in [0.29, 0.717) is 12.0 Å². The molecule has 1 amide bonds. The molecule has 2 aliphatic heterocycles. The van der Waals surface area contributed by atoms with E-state index in [1.54, 1.807) is 0 Å². The van der Waals surface area contributed by atoms with Gasteiger partial charge in [0, 0.05) is 17.2 Å². The summed E-state index contributed by atoms with van der Waals surface area (Å²) >= 11 is 1.54. The minimum atomic E-state index is -2.96. The number of aliphatic imine (C=N–C) groups is 1. The predicted molar refractivity (Wildman–Crippen MR) is 96.8 cm³/mol. The zero-order valence-corrected chi connectivity index (χ0v) is 16.0. The number of amides is 1. The molecule has 0 aromatic heterocycles. The molecule has 4 aliphatic rings. The fourth-order valence-corrected chi connectivity index (χ4v) is 8.89. The highest BCUT2D eigenvalue weighted by Gasteiger charge is 2.54. The lowest BCUT2D eigenvalue weighted by Gasteiger charge is -2.36. The van der Waals surface area contributed by atoms with Gasteiger partial charge in [-0.15, -0.1) is 0 Å². The van der Waals surface area contributed by atoms with Crippen LogP contribution in [0.5, 0.6) is 0 Å². The second kappa shape index (κ2) is 6.01. The molecule has 0 spiro atoms. The van der Waals surface area contributed by atoms with Crippen molar-refractivity contribution in [1.29, 1.82) is 0 Å². The lowest BCUT2D eigenvalue weighted by molar-refractivity contribution is -0.121. The van der Waals surface area contributed by atoms with Crippen molar-refractivity contribution in [1.82, 2.24) is 4.90 Å². The number of carbonyl (C=O) groups is 1. The van der Waals surface area contributed by atoms with Crippen LogP contribution >= 0.6 is 11.8 Å². The molecule has 0 N–H and O–H groups in total. The smallest absolute Gasteiger partial charge is 0.250 e. The number of nitrogens with zero attached hydrogens (tertiary/aromatic N) is 2. The summed E-state index contributed by atoms with van der Waals surface area (Å²) < 4.78 is 24.2. The quantitative estimate of drug-likeness (QED) is 0.763. The lowest BCUT2D eigenvalue weighted by Crippen LogP contribution is -2.47. The van der Waals surface area contributed by atoms with Gasteiger partial charge in [-0.05, 0) is 37.5 Å². The maximum absolute atomic E-state index is 12.4. The van der Waals surface area contributed by atoms with Gasteiger partial charge >= 0.3 is 0 Å². The number of rotatable bonds is 3. The molecule has 5 nitrogen and oxygen atoms in total. The minimum absolute atomic E-state index is 0.0211. The lowest BCUT2D eigenvalue weighted by atomic mass is 9.93. The Bertz CT molecular complexity index is 675. The van der Waals surface area contributed by atoms with Gasteiger partial charge in [-0.3, -0.25) is 4.79 Å². The van der Waals surface area contributed by atoms with Crippen LogP contribution in [0.1, 0.15) is 46.0 Å². The average Bonchev–Trinajstić information content (AvgIpc) is 3.25. The van der Waals surface area contributed by atoms with E-state index in [1.807, 2.05) is 13.8 Å². The molecule has 2 aliphatic carbocycles. The van der Waals surface area contributed by atoms with Crippen LogP contribution in [-0.2, 0) is 14.6 Å². The molecule has 4 fully saturated rings. The van der Waals surface area contributed by atoms with Gasteiger partial charge in [0.15, 0.2) is 15.0 Å². The minimum Gasteiger partial charge on any atom is -0.343 e. The standard InChI is InChI=1S/C17H26N2O3S2/c1-3-10(2)16(20)18-17-19(13-7-11-4-5-12(13)6-11)14-8-24(21,22)9-15(14)23-17/h10-15H,3-9H2,1-2H3/t10-,11+,12+,13+,14+,15-/m0/s1. The Morgan fingerprint density at radius 1 is 1.29 bits per heavy atom. The largest absolute Gasteiger partial charge is 0.343 e. The monoisotopic (exact) mass is 370 g/mol. The van der Waals surface area contributed by atoms with E-state index >= 15 is 0 Å². The van der Waals surface area contributed by atoms with Crippen molar-refractivity contribution in [3.05, 3.63) is 0 Å². The van der Waals surface area contributed by atoms with Crippen LogP contribution in [0.3, 0.4) is 0 Å². The Morgan fingerprint density at radius 3 is 2.71 bits per heavy atom. The summed E-state index contributed by atoms with van der Waals surface area (Å²) in [7, 11) is -2.96. The highest BCUT2D eigenvalue weighted by Crippen LogP contribution is 2.51. The summed E-state index contributed by atoms with van der Waals surface area (Å²) in [5.41, 5.74) is 0. The summed E-state index contributed by atoms with van der Waals surface area (Å²) in [5, 5.41) is 0.861. The molecule has 24 heavy (non-hydrogen) atoms. The molecule has 2 heterocycles. The highest BCUT2D eigenvalue weighted by atomic mass is 32.2. The number of hydrogen-bond donors (Lipinski definition) is 0. The first kappa shape index (κ1) is 16.9. The van der Waals surface area contributed by atoms with E-state index in [-0.39, 0.29) is 34.6 Å². The Hall–Kier alpha value is -0.560. The summed E-state index contributed by atoms with van der Waals surface area (Å²) in [6, 6.07) is 0.413. The summed E-state index contributed by atoms with van der Waals surface area (Å²) in [6.07, 6.45) is 5.75. The van der Waals surface area contributed by atoms with E-state index in [1.165, 1.54) is 31.0 Å². The first-order valence-corrected chi connectivity index (χ1v) is 11.9. The molecule has 2 saturated carbocycles. The number of fused-ring (bicyclic) bond motifs is 3. The first-order chi connectivity index (χ1) is 11.4. The molecule has 0 unspecified atom stereocenters. The molecule has 4 rings (SSSR count). The second-order valence-electron chi connectivity index (χ2n) is 7.99. The number of sulfone groups is 1. The van der Waals surface area contributed by atoms with E-state index < -0.39 is 9.84 Å². The van der Waals surface area contributed by atoms with Gasteiger partial charge < -0.3 is 4.90 Å². The van der Waals surface area contributed by atoms with Crippen LogP contribution in [0.4, 0.5) is 0 Å². The van der Waals surface area contributed by atoms with E-state index in [9.17, 15) is 13.2 Å². The third-order valence-electron chi connectivity index (χ3n) is 6.40. The zero-order chi connectivity index (χ0) is 17.1.